The second kappa shape index (κ2) is 20.8. The number of oxazole rings is 1. The van der Waals surface area contributed by atoms with Crippen LogP contribution < -0.4 is 20.7 Å². The molecule has 0 spiro atoms. The van der Waals surface area contributed by atoms with Crippen LogP contribution in [0.15, 0.2) is 29.1 Å². The number of hydrogen-bond acceptors (Lipinski definition) is 11. The Balaban J connectivity index is 1.15. The number of nitrogens with zero attached hydrogens (tertiary/aromatic N) is 4. The number of benzene rings is 1. The molecule has 2 saturated heterocycles. The number of rotatable bonds is 22. The summed E-state index contributed by atoms with van der Waals surface area (Å²) in [6.45, 7) is 9.99. The molecule has 12 nitrogen and oxygen atoms in total. The summed E-state index contributed by atoms with van der Waals surface area (Å²) in [7, 11) is 2.14. The van der Waals surface area contributed by atoms with E-state index in [0.717, 1.165) is 50.0 Å². The van der Waals surface area contributed by atoms with Crippen LogP contribution in [0, 0.1) is 0 Å². The highest BCUT2D eigenvalue weighted by Gasteiger charge is 2.41. The largest absolute Gasteiger partial charge is 0.484 e. The molecule has 3 aliphatic heterocycles. The lowest BCUT2D eigenvalue weighted by molar-refractivity contribution is -0.136. The summed E-state index contributed by atoms with van der Waals surface area (Å²) < 4.78 is 16.6. The van der Waals surface area contributed by atoms with Gasteiger partial charge in [-0.05, 0) is 43.5 Å². The Morgan fingerprint density at radius 3 is 2.65 bits per heavy atom. The summed E-state index contributed by atoms with van der Waals surface area (Å²) >= 11 is 6.75. The van der Waals surface area contributed by atoms with E-state index in [9.17, 15) is 9.90 Å². The molecular formula is C38H62ClN7O5. The normalized spacial score (nSPS) is 22.1. The summed E-state index contributed by atoms with van der Waals surface area (Å²) in [5.41, 5.74) is 2.20. The van der Waals surface area contributed by atoms with Crippen LogP contribution in [0.2, 0.25) is 5.02 Å². The van der Waals surface area contributed by atoms with Crippen LogP contribution in [0.1, 0.15) is 94.9 Å². The Bertz CT molecular complexity index is 1320. The molecule has 4 heterocycles. The molecule has 4 atom stereocenters. The number of aromatic nitrogens is 1. The first-order valence-corrected chi connectivity index (χ1v) is 19.8. The monoisotopic (exact) mass is 731 g/mol. The number of aliphatic hydroxyl groups excluding tert-OH is 1. The van der Waals surface area contributed by atoms with Crippen LogP contribution in [0.25, 0.3) is 0 Å². The van der Waals surface area contributed by atoms with Gasteiger partial charge in [-0.15, -0.1) is 0 Å². The second-order valence-electron chi connectivity index (χ2n) is 14.6. The zero-order chi connectivity index (χ0) is 36.0. The Labute approximate surface area is 309 Å². The fourth-order valence-corrected chi connectivity index (χ4v) is 7.83. The fraction of sp³-hybridized carbons (Fsp3) is 0.737. The highest BCUT2D eigenvalue weighted by Crippen LogP contribution is 2.34. The number of hydrogen-bond donors (Lipinski definition) is 4. The number of halogens is 1. The summed E-state index contributed by atoms with van der Waals surface area (Å²) in [6.07, 6.45) is 14.7. The summed E-state index contributed by atoms with van der Waals surface area (Å²) in [6, 6.07) is 3.92. The van der Waals surface area contributed by atoms with Gasteiger partial charge in [0.2, 0.25) is 5.91 Å². The van der Waals surface area contributed by atoms with Crippen molar-refractivity contribution in [2.24, 2.45) is 0 Å². The van der Waals surface area contributed by atoms with Crippen LogP contribution in [0.5, 0.6) is 5.75 Å². The van der Waals surface area contributed by atoms with Crippen molar-refractivity contribution in [2.75, 3.05) is 53.0 Å². The molecule has 51 heavy (non-hydrogen) atoms. The molecule has 3 unspecified atom stereocenters. The number of fused-ring (bicyclic) bond motifs is 1. The number of amides is 1. The molecule has 286 valence electrons. The highest BCUT2D eigenvalue weighted by atomic mass is 35.5. The molecule has 3 aliphatic rings. The lowest BCUT2D eigenvalue weighted by Crippen LogP contribution is -2.72. The van der Waals surface area contributed by atoms with E-state index < -0.39 is 6.10 Å². The van der Waals surface area contributed by atoms with Crippen LogP contribution in [-0.4, -0.2) is 114 Å². The van der Waals surface area contributed by atoms with Gasteiger partial charge in [0.25, 0.3) is 0 Å². The molecule has 1 aromatic heterocycles. The van der Waals surface area contributed by atoms with Gasteiger partial charge in [-0.2, -0.15) is 0 Å². The molecule has 1 aromatic carbocycles. The van der Waals surface area contributed by atoms with Crippen molar-refractivity contribution in [2.45, 2.75) is 128 Å². The molecule has 4 N–H and O–H groups in total. The molecule has 2 aromatic rings. The summed E-state index contributed by atoms with van der Waals surface area (Å²) in [5.74, 6) is 1.24. The third-order valence-corrected chi connectivity index (χ3v) is 10.8. The van der Waals surface area contributed by atoms with E-state index in [1.807, 2.05) is 12.1 Å². The summed E-state index contributed by atoms with van der Waals surface area (Å²) in [5, 5.41) is 22.4. The van der Waals surface area contributed by atoms with E-state index in [4.69, 9.17) is 25.5 Å². The van der Waals surface area contributed by atoms with E-state index in [-0.39, 0.29) is 37.6 Å². The van der Waals surface area contributed by atoms with Gasteiger partial charge in [0.15, 0.2) is 12.2 Å². The minimum absolute atomic E-state index is 0.00741. The smallest absolute Gasteiger partial charge is 0.237 e. The van der Waals surface area contributed by atoms with Gasteiger partial charge in [0.1, 0.15) is 18.6 Å². The maximum absolute atomic E-state index is 14.0. The molecular weight excluding hydrogens is 670 g/mol. The van der Waals surface area contributed by atoms with E-state index >= 15 is 0 Å². The van der Waals surface area contributed by atoms with Gasteiger partial charge < -0.3 is 24.3 Å². The van der Waals surface area contributed by atoms with Crippen molar-refractivity contribution in [3.8, 4) is 5.75 Å². The predicted octanol–water partition coefficient (Wildman–Crippen LogP) is 4.49. The predicted molar refractivity (Wildman–Crippen MR) is 199 cm³/mol. The average molecular weight is 732 g/mol. The van der Waals surface area contributed by atoms with Gasteiger partial charge in [-0.1, -0.05) is 76.5 Å². The number of carbonyl (C=O) groups excluding carboxylic acids is 1. The Hall–Kier alpha value is -2.29. The molecule has 0 saturated carbocycles. The van der Waals surface area contributed by atoms with Crippen molar-refractivity contribution < 1.29 is 23.8 Å². The number of ether oxygens (including phenoxy) is 2. The number of β-amino-alcohol motifs (C(OH)–C–C–N with tert-alkyl or cyclic N) is 1. The standard InChI is InChI=1S/C38H62ClN7O5/c1-4-6-7-8-9-10-11-12-17-46-33(19-35(42-29-24-49-25-29)43-38(46)44(3)16-5-2)37(48)41-20-30(47)23-45-18-15-32-28(22-45)13-14-34(36(32)39)50-26-31-21-40-27-51-31/h13-14,21,27,29-30,33,35,38,42-43,47H,4-12,15-20,22-26H2,1-3H3,(H,41,48)/t30-,33?,35?,38?/m0/s1. The van der Waals surface area contributed by atoms with E-state index in [2.05, 4.69) is 56.5 Å². The molecule has 0 bridgehead atoms. The van der Waals surface area contributed by atoms with Crippen LogP contribution in [0.3, 0.4) is 0 Å². The molecule has 2 fully saturated rings. The van der Waals surface area contributed by atoms with Gasteiger partial charge in [0, 0.05) is 45.7 Å². The van der Waals surface area contributed by atoms with Crippen molar-refractivity contribution in [1.29, 1.82) is 0 Å². The Morgan fingerprint density at radius 1 is 1.16 bits per heavy atom. The lowest BCUT2D eigenvalue weighted by atomic mass is 9.99. The number of unbranched alkanes of at least 4 members (excludes halogenated alkanes) is 7. The number of aliphatic hydroxyl groups is 1. The molecule has 13 heteroatoms. The van der Waals surface area contributed by atoms with Gasteiger partial charge in [-0.25, -0.2) is 4.98 Å². The van der Waals surface area contributed by atoms with Crippen LogP contribution >= 0.6 is 11.6 Å². The summed E-state index contributed by atoms with van der Waals surface area (Å²) in [4.78, 5) is 24.9. The third-order valence-electron chi connectivity index (χ3n) is 10.4. The SMILES string of the molecule is CCCCCCCCCCN1C(C(=O)NC[C@H](O)CN2CCc3c(ccc(OCc4cnco4)c3Cl)C2)CC(NC2COC2)NC1N(C)CCC. The molecule has 0 aliphatic carbocycles. The molecule has 5 rings (SSSR count). The first-order valence-electron chi connectivity index (χ1n) is 19.4. The van der Waals surface area contributed by atoms with Crippen molar-refractivity contribution >= 4 is 17.5 Å². The minimum atomic E-state index is -0.696. The zero-order valence-electron chi connectivity index (χ0n) is 31.1. The second-order valence-corrected chi connectivity index (χ2v) is 15.0. The van der Waals surface area contributed by atoms with E-state index in [0.29, 0.717) is 55.3 Å². The zero-order valence-corrected chi connectivity index (χ0v) is 31.8. The fourth-order valence-electron chi connectivity index (χ4n) is 7.50. The molecule has 1 amide bonds. The van der Waals surface area contributed by atoms with Gasteiger partial charge in [0.05, 0.1) is 48.8 Å². The number of nitrogens with one attached hydrogen (secondary N) is 3. The lowest BCUT2D eigenvalue weighted by Gasteiger charge is -2.49. The van der Waals surface area contributed by atoms with Gasteiger partial charge in [-0.3, -0.25) is 30.1 Å². The average Bonchev–Trinajstić information content (AvgIpc) is 3.64. The topological polar surface area (TPSA) is 128 Å². The first kappa shape index (κ1) is 39.9. The third kappa shape index (κ3) is 11.9. The van der Waals surface area contributed by atoms with E-state index in [1.165, 1.54) is 51.3 Å². The van der Waals surface area contributed by atoms with Crippen LogP contribution in [-0.2, 0) is 29.1 Å². The number of carbonyl (C=O) groups is 1. The highest BCUT2D eigenvalue weighted by molar-refractivity contribution is 6.33. The maximum atomic E-state index is 14.0. The van der Waals surface area contributed by atoms with Crippen molar-refractivity contribution in [3.05, 3.63) is 46.6 Å². The minimum Gasteiger partial charge on any atom is -0.484 e. The quantitative estimate of drug-likeness (QED) is 0.128. The maximum Gasteiger partial charge on any atom is 0.237 e. The molecule has 0 radical (unpaired) electrons. The van der Waals surface area contributed by atoms with E-state index in [1.54, 1.807) is 6.20 Å². The van der Waals surface area contributed by atoms with Crippen LogP contribution in [0.4, 0.5) is 0 Å². The Morgan fingerprint density at radius 2 is 1.94 bits per heavy atom. The Kier molecular flexibility index (Phi) is 16.3. The van der Waals surface area contributed by atoms with Crippen molar-refractivity contribution in [1.82, 2.24) is 35.6 Å². The van der Waals surface area contributed by atoms with Gasteiger partial charge >= 0.3 is 0 Å². The first-order chi connectivity index (χ1) is 24.9. The van der Waals surface area contributed by atoms with Crippen molar-refractivity contribution in [3.63, 3.8) is 0 Å².